The van der Waals surface area contributed by atoms with Crippen LogP contribution >= 0.6 is 0 Å². The fraction of sp³-hybridized carbons (Fsp3) is 0.500. The van der Waals surface area contributed by atoms with Gasteiger partial charge in [-0.3, -0.25) is 9.59 Å². The number of nitrogens with zero attached hydrogens (tertiary/aromatic N) is 1. The van der Waals surface area contributed by atoms with Gasteiger partial charge < -0.3 is 24.8 Å². The minimum absolute atomic E-state index is 0.0706. The first kappa shape index (κ1) is 19.7. The molecule has 142 valence electrons. The van der Waals surface area contributed by atoms with Crippen molar-refractivity contribution >= 4 is 18.0 Å². The van der Waals surface area contributed by atoms with Gasteiger partial charge in [0.05, 0.1) is 0 Å². The zero-order valence-electron chi connectivity index (χ0n) is 15.0. The first-order chi connectivity index (χ1) is 12.3. The Morgan fingerprint density at radius 2 is 1.96 bits per heavy atom. The lowest BCUT2D eigenvalue weighted by Gasteiger charge is -2.30. The van der Waals surface area contributed by atoms with Crippen molar-refractivity contribution in [3.05, 3.63) is 35.9 Å². The van der Waals surface area contributed by atoms with Gasteiger partial charge in [0.1, 0.15) is 18.8 Å². The van der Waals surface area contributed by atoms with Crippen LogP contribution in [0.2, 0.25) is 0 Å². The van der Waals surface area contributed by atoms with Crippen LogP contribution in [0.5, 0.6) is 0 Å². The van der Waals surface area contributed by atoms with E-state index in [9.17, 15) is 14.4 Å². The number of benzene rings is 1. The van der Waals surface area contributed by atoms with Crippen LogP contribution < -0.4 is 5.32 Å². The predicted octanol–water partition coefficient (Wildman–Crippen LogP) is 1.60. The van der Waals surface area contributed by atoms with Crippen LogP contribution in [0.3, 0.4) is 0 Å². The van der Waals surface area contributed by atoms with Crippen molar-refractivity contribution in [1.82, 2.24) is 10.2 Å². The molecular formula is C18H24N2O6. The number of carbonyl (C=O) groups excluding carboxylic acids is 2. The molecule has 8 heteroatoms. The number of ether oxygens (including phenoxy) is 2. The van der Waals surface area contributed by atoms with E-state index in [0.717, 1.165) is 5.56 Å². The highest BCUT2D eigenvalue weighted by Gasteiger charge is 2.43. The standard InChI is InChI=1S/C18H24N2O6/c1-11(2)15(19-18(23)24)16(22)20-10-25-17(26-12(3)21)14(20)9-13-7-5-4-6-8-13/h4-8,11,14-15,17,19H,9-10H2,1-3H3,(H,23,24). The molecular weight excluding hydrogens is 340 g/mol. The zero-order valence-corrected chi connectivity index (χ0v) is 15.0. The number of amides is 2. The summed E-state index contributed by atoms with van der Waals surface area (Å²) in [7, 11) is 0. The normalized spacial score (nSPS) is 20.7. The maximum absolute atomic E-state index is 12.9. The van der Waals surface area contributed by atoms with E-state index in [1.165, 1.54) is 11.8 Å². The van der Waals surface area contributed by atoms with Gasteiger partial charge in [0.15, 0.2) is 0 Å². The molecule has 1 aliphatic rings. The van der Waals surface area contributed by atoms with Gasteiger partial charge in [0.2, 0.25) is 12.2 Å². The van der Waals surface area contributed by atoms with Crippen molar-refractivity contribution in [3.63, 3.8) is 0 Å². The third kappa shape index (κ3) is 4.95. The highest BCUT2D eigenvalue weighted by molar-refractivity contribution is 5.86. The van der Waals surface area contributed by atoms with Crippen LogP contribution in [0.15, 0.2) is 30.3 Å². The summed E-state index contributed by atoms with van der Waals surface area (Å²) in [5.41, 5.74) is 0.949. The second kappa shape index (κ2) is 8.66. The fourth-order valence-electron chi connectivity index (χ4n) is 2.90. The fourth-order valence-corrected chi connectivity index (χ4v) is 2.90. The topological polar surface area (TPSA) is 105 Å². The Morgan fingerprint density at radius 1 is 1.31 bits per heavy atom. The molecule has 0 aromatic heterocycles. The minimum atomic E-state index is -1.27. The number of hydrogen-bond acceptors (Lipinski definition) is 5. The Kier molecular flexibility index (Phi) is 6.57. The van der Waals surface area contributed by atoms with Crippen molar-refractivity contribution in [2.75, 3.05) is 6.73 Å². The van der Waals surface area contributed by atoms with Gasteiger partial charge in [-0.1, -0.05) is 44.2 Å². The van der Waals surface area contributed by atoms with Crippen LogP contribution in [0, 0.1) is 5.92 Å². The van der Waals surface area contributed by atoms with Crippen LogP contribution in [0.4, 0.5) is 4.79 Å². The Labute approximate surface area is 152 Å². The molecule has 1 saturated heterocycles. The van der Waals surface area contributed by atoms with Crippen LogP contribution in [-0.2, 0) is 25.5 Å². The molecule has 3 atom stereocenters. The molecule has 1 heterocycles. The molecule has 1 fully saturated rings. The molecule has 26 heavy (non-hydrogen) atoms. The van der Waals surface area contributed by atoms with Crippen molar-refractivity contribution in [2.45, 2.75) is 45.6 Å². The summed E-state index contributed by atoms with van der Waals surface area (Å²) >= 11 is 0. The molecule has 2 amide bonds. The molecule has 0 bridgehead atoms. The predicted molar refractivity (Wildman–Crippen MR) is 92.1 cm³/mol. The number of esters is 1. The van der Waals surface area contributed by atoms with Gasteiger partial charge in [0, 0.05) is 6.92 Å². The van der Waals surface area contributed by atoms with E-state index in [2.05, 4.69) is 5.32 Å². The minimum Gasteiger partial charge on any atom is -0.465 e. The van der Waals surface area contributed by atoms with Gasteiger partial charge in [-0.25, -0.2) is 4.79 Å². The quantitative estimate of drug-likeness (QED) is 0.743. The van der Waals surface area contributed by atoms with E-state index in [-0.39, 0.29) is 12.6 Å². The third-order valence-corrected chi connectivity index (χ3v) is 4.16. The van der Waals surface area contributed by atoms with Crippen LogP contribution in [-0.4, -0.2) is 53.1 Å². The second-order valence-corrected chi connectivity index (χ2v) is 6.51. The summed E-state index contributed by atoms with van der Waals surface area (Å²) in [4.78, 5) is 36.8. The molecule has 1 aromatic carbocycles. The summed E-state index contributed by atoms with van der Waals surface area (Å²) in [6, 6.07) is 7.99. The summed E-state index contributed by atoms with van der Waals surface area (Å²) in [6.07, 6.45) is -1.75. The molecule has 2 rings (SSSR count). The van der Waals surface area contributed by atoms with E-state index >= 15 is 0 Å². The lowest BCUT2D eigenvalue weighted by molar-refractivity contribution is -0.169. The molecule has 1 aliphatic heterocycles. The lowest BCUT2D eigenvalue weighted by Crippen LogP contribution is -2.53. The SMILES string of the molecule is CC(=O)OC1OCN(C(=O)C(NC(=O)O)C(C)C)C1Cc1ccccc1. The summed E-state index contributed by atoms with van der Waals surface area (Å²) < 4.78 is 10.7. The number of rotatable bonds is 6. The van der Waals surface area contributed by atoms with Crippen molar-refractivity contribution < 1.29 is 29.0 Å². The van der Waals surface area contributed by atoms with Crippen molar-refractivity contribution in [1.29, 1.82) is 0 Å². The van der Waals surface area contributed by atoms with Gasteiger partial charge in [0.25, 0.3) is 0 Å². The Hall–Kier alpha value is -2.61. The highest BCUT2D eigenvalue weighted by atomic mass is 16.7. The number of nitrogens with one attached hydrogen (secondary N) is 1. The largest absolute Gasteiger partial charge is 0.465 e. The van der Waals surface area contributed by atoms with Crippen molar-refractivity contribution in [3.8, 4) is 0 Å². The number of carbonyl (C=O) groups is 3. The van der Waals surface area contributed by atoms with Gasteiger partial charge in [-0.15, -0.1) is 0 Å². The zero-order chi connectivity index (χ0) is 19.3. The van der Waals surface area contributed by atoms with Gasteiger partial charge in [-0.2, -0.15) is 0 Å². The van der Waals surface area contributed by atoms with Crippen LogP contribution in [0.1, 0.15) is 26.3 Å². The lowest BCUT2D eigenvalue weighted by atomic mass is 10.0. The van der Waals surface area contributed by atoms with E-state index in [1.807, 2.05) is 30.3 Å². The highest BCUT2D eigenvalue weighted by Crippen LogP contribution is 2.24. The Bertz CT molecular complexity index is 648. The van der Waals surface area contributed by atoms with E-state index in [1.54, 1.807) is 13.8 Å². The Balaban J connectivity index is 2.24. The van der Waals surface area contributed by atoms with Crippen LogP contribution in [0.25, 0.3) is 0 Å². The van der Waals surface area contributed by atoms with E-state index in [0.29, 0.717) is 6.42 Å². The maximum Gasteiger partial charge on any atom is 0.405 e. The summed E-state index contributed by atoms with van der Waals surface area (Å²) in [5.74, 6) is -1.16. The number of carboxylic acid groups (broad SMARTS) is 1. The molecule has 3 unspecified atom stereocenters. The first-order valence-electron chi connectivity index (χ1n) is 8.42. The maximum atomic E-state index is 12.9. The molecule has 8 nitrogen and oxygen atoms in total. The molecule has 0 aliphatic carbocycles. The summed E-state index contributed by atoms with van der Waals surface area (Å²) in [5, 5.41) is 11.3. The third-order valence-electron chi connectivity index (χ3n) is 4.16. The first-order valence-corrected chi connectivity index (χ1v) is 8.42. The van der Waals surface area contributed by atoms with Gasteiger partial charge in [-0.05, 0) is 17.9 Å². The van der Waals surface area contributed by atoms with E-state index < -0.39 is 36.3 Å². The van der Waals surface area contributed by atoms with E-state index in [4.69, 9.17) is 14.6 Å². The smallest absolute Gasteiger partial charge is 0.405 e. The average molecular weight is 364 g/mol. The van der Waals surface area contributed by atoms with Gasteiger partial charge >= 0.3 is 12.1 Å². The van der Waals surface area contributed by atoms with Crippen molar-refractivity contribution in [2.24, 2.45) is 5.92 Å². The molecule has 1 aromatic rings. The monoisotopic (exact) mass is 364 g/mol. The molecule has 0 spiro atoms. The average Bonchev–Trinajstić information content (AvgIpc) is 2.94. The molecule has 0 radical (unpaired) electrons. The Morgan fingerprint density at radius 3 is 2.50 bits per heavy atom. The second-order valence-electron chi connectivity index (χ2n) is 6.51. The summed E-state index contributed by atoms with van der Waals surface area (Å²) in [6.45, 7) is 4.71. The number of hydrogen-bond donors (Lipinski definition) is 2. The molecule has 0 saturated carbocycles. The molecule has 2 N–H and O–H groups in total.